The van der Waals surface area contributed by atoms with Gasteiger partial charge < -0.3 is 9.84 Å². The summed E-state index contributed by atoms with van der Waals surface area (Å²) < 4.78 is 41.6. The van der Waals surface area contributed by atoms with Crippen LogP contribution in [-0.2, 0) is 11.0 Å². The lowest BCUT2D eigenvalue weighted by molar-refractivity contribution is -0.141. The fourth-order valence-electron chi connectivity index (χ4n) is 0.888. The van der Waals surface area contributed by atoms with Gasteiger partial charge in [0.15, 0.2) is 0 Å². The first-order chi connectivity index (χ1) is 7.80. The van der Waals surface area contributed by atoms with E-state index < -0.39 is 24.4 Å². The van der Waals surface area contributed by atoms with Crippen molar-refractivity contribution in [1.29, 1.82) is 0 Å². The predicted octanol–water partition coefficient (Wildman–Crippen LogP) is 2.12. The van der Waals surface area contributed by atoms with Gasteiger partial charge in [0, 0.05) is 12.3 Å². The first-order valence-corrected chi connectivity index (χ1v) is 4.38. The maximum Gasteiger partial charge on any atom is 0.433 e. The number of carboxylic acid groups (broad SMARTS) is 1. The summed E-state index contributed by atoms with van der Waals surface area (Å²) in [5.41, 5.74) is -1.36. The van der Waals surface area contributed by atoms with Crippen molar-refractivity contribution in [3.63, 3.8) is 0 Å². The van der Waals surface area contributed by atoms with E-state index in [1.54, 1.807) is 0 Å². The normalized spacial score (nSPS) is 11.0. The Balaban J connectivity index is 2.73. The van der Waals surface area contributed by atoms with Gasteiger partial charge in [-0.25, -0.2) is 4.79 Å². The van der Waals surface area contributed by atoms with Crippen LogP contribution in [0, 0.1) is 0 Å². The molecule has 0 unspecified atom stereocenters. The number of halogens is 3. The van der Waals surface area contributed by atoms with Crippen LogP contribution in [-0.4, -0.2) is 22.7 Å². The second-order valence-electron chi connectivity index (χ2n) is 3.07. The number of ether oxygens (including phenoxy) is 1. The molecule has 1 heterocycles. The lowest BCUT2D eigenvalue weighted by Crippen LogP contribution is -2.11. The van der Waals surface area contributed by atoms with Gasteiger partial charge in [-0.2, -0.15) is 13.2 Å². The summed E-state index contributed by atoms with van der Waals surface area (Å²) in [6.45, 7) is 2.79. The molecule has 0 atom stereocenters. The summed E-state index contributed by atoms with van der Waals surface area (Å²) in [5, 5.41) is 8.47. The van der Waals surface area contributed by atoms with E-state index in [4.69, 9.17) is 9.84 Å². The molecule has 0 aromatic carbocycles. The van der Waals surface area contributed by atoms with Gasteiger partial charge in [-0.15, -0.1) is 0 Å². The maximum absolute atomic E-state index is 12.3. The molecule has 0 amide bonds. The molecule has 92 valence electrons. The maximum atomic E-state index is 12.3. The number of nitrogens with zero attached hydrogens (tertiary/aromatic N) is 1. The number of alkyl halides is 3. The zero-order chi connectivity index (χ0) is 13.1. The molecule has 0 radical (unpaired) electrons. The van der Waals surface area contributed by atoms with Crippen molar-refractivity contribution >= 4 is 5.97 Å². The molecule has 0 spiro atoms. The third-order valence-corrected chi connectivity index (χ3v) is 1.74. The number of hydrogen-bond donors (Lipinski definition) is 1. The fourth-order valence-corrected chi connectivity index (χ4v) is 0.888. The minimum atomic E-state index is -4.57. The number of carbonyl (C=O) groups is 1. The van der Waals surface area contributed by atoms with Crippen LogP contribution in [0.15, 0.2) is 30.5 Å². The lowest BCUT2D eigenvalue weighted by Gasteiger charge is -2.09. The monoisotopic (exact) mass is 247 g/mol. The minimum absolute atomic E-state index is 0.116. The molecule has 4 nitrogen and oxygen atoms in total. The summed E-state index contributed by atoms with van der Waals surface area (Å²) in [4.78, 5) is 13.5. The average molecular weight is 247 g/mol. The number of aliphatic carboxylic acids is 1. The van der Waals surface area contributed by atoms with Crippen LogP contribution in [0.1, 0.15) is 5.69 Å². The number of pyridine rings is 1. The van der Waals surface area contributed by atoms with Crippen LogP contribution in [0.5, 0.6) is 5.75 Å². The Bertz CT molecular complexity index is 443. The second kappa shape index (κ2) is 4.86. The van der Waals surface area contributed by atoms with Gasteiger partial charge in [0.05, 0.1) is 5.57 Å². The van der Waals surface area contributed by atoms with Crippen LogP contribution in [0.25, 0.3) is 0 Å². The molecular formula is C10H8F3NO3. The Morgan fingerprint density at radius 3 is 2.71 bits per heavy atom. The Hall–Kier alpha value is -2.05. The SMILES string of the molecule is C=C(COc1ccnc(C(F)(F)F)c1)C(=O)O. The Kier molecular flexibility index (Phi) is 3.72. The van der Waals surface area contributed by atoms with Gasteiger partial charge in [0.1, 0.15) is 18.1 Å². The smallest absolute Gasteiger partial charge is 0.433 e. The van der Waals surface area contributed by atoms with E-state index in [-0.39, 0.29) is 11.3 Å². The molecule has 0 saturated heterocycles. The number of rotatable bonds is 4. The third kappa shape index (κ3) is 3.78. The van der Waals surface area contributed by atoms with Crippen LogP contribution in [0.4, 0.5) is 13.2 Å². The molecule has 0 aliphatic carbocycles. The third-order valence-electron chi connectivity index (χ3n) is 1.74. The van der Waals surface area contributed by atoms with Crippen molar-refractivity contribution in [2.45, 2.75) is 6.18 Å². The van der Waals surface area contributed by atoms with Crippen LogP contribution < -0.4 is 4.74 Å². The molecule has 17 heavy (non-hydrogen) atoms. The zero-order valence-electron chi connectivity index (χ0n) is 8.49. The van der Waals surface area contributed by atoms with Crippen molar-refractivity contribution in [3.05, 3.63) is 36.2 Å². The Morgan fingerprint density at radius 2 is 2.18 bits per heavy atom. The summed E-state index contributed by atoms with van der Waals surface area (Å²) in [6.07, 6.45) is -3.63. The summed E-state index contributed by atoms with van der Waals surface area (Å²) >= 11 is 0. The van der Waals surface area contributed by atoms with Crippen molar-refractivity contribution < 1.29 is 27.8 Å². The van der Waals surface area contributed by atoms with Gasteiger partial charge in [0.2, 0.25) is 0 Å². The first kappa shape index (κ1) is 13.0. The van der Waals surface area contributed by atoms with E-state index in [0.29, 0.717) is 6.07 Å². The molecule has 0 fully saturated rings. The molecule has 0 bridgehead atoms. The number of aromatic nitrogens is 1. The highest BCUT2D eigenvalue weighted by atomic mass is 19.4. The average Bonchev–Trinajstić information content (AvgIpc) is 2.25. The van der Waals surface area contributed by atoms with Crippen molar-refractivity contribution in [3.8, 4) is 5.75 Å². The van der Waals surface area contributed by atoms with Crippen LogP contribution in [0.2, 0.25) is 0 Å². The standard InChI is InChI=1S/C10H8F3NO3/c1-6(9(15)16)5-17-7-2-3-14-8(4-7)10(11,12)13/h2-4H,1,5H2,(H,15,16). The lowest BCUT2D eigenvalue weighted by atomic mass is 10.3. The molecule has 1 N–H and O–H groups in total. The van der Waals surface area contributed by atoms with Gasteiger partial charge in [-0.3, -0.25) is 4.98 Å². The molecule has 1 aromatic heterocycles. The van der Waals surface area contributed by atoms with E-state index in [1.807, 2.05) is 0 Å². The highest BCUT2D eigenvalue weighted by Gasteiger charge is 2.32. The van der Waals surface area contributed by atoms with Crippen LogP contribution in [0.3, 0.4) is 0 Å². The largest absolute Gasteiger partial charge is 0.489 e. The predicted molar refractivity (Wildman–Crippen MR) is 51.5 cm³/mol. The van der Waals surface area contributed by atoms with Gasteiger partial charge >= 0.3 is 12.1 Å². The first-order valence-electron chi connectivity index (χ1n) is 4.38. The Morgan fingerprint density at radius 1 is 1.53 bits per heavy atom. The van der Waals surface area contributed by atoms with Crippen molar-refractivity contribution in [1.82, 2.24) is 4.98 Å². The van der Waals surface area contributed by atoms with Gasteiger partial charge in [0.25, 0.3) is 0 Å². The van der Waals surface area contributed by atoms with E-state index >= 15 is 0 Å². The van der Waals surface area contributed by atoms with Crippen molar-refractivity contribution in [2.24, 2.45) is 0 Å². The molecule has 0 aliphatic rings. The summed E-state index contributed by atoms with van der Waals surface area (Å²) in [7, 11) is 0. The fraction of sp³-hybridized carbons (Fsp3) is 0.200. The highest BCUT2D eigenvalue weighted by Crippen LogP contribution is 2.29. The second-order valence-corrected chi connectivity index (χ2v) is 3.07. The highest BCUT2D eigenvalue weighted by molar-refractivity contribution is 5.86. The van der Waals surface area contributed by atoms with E-state index in [0.717, 1.165) is 6.20 Å². The topological polar surface area (TPSA) is 59.4 Å². The van der Waals surface area contributed by atoms with E-state index in [1.165, 1.54) is 6.07 Å². The van der Waals surface area contributed by atoms with Gasteiger partial charge in [-0.1, -0.05) is 6.58 Å². The minimum Gasteiger partial charge on any atom is -0.489 e. The summed E-state index contributed by atoms with van der Waals surface area (Å²) in [6, 6.07) is 1.89. The molecule has 1 aromatic rings. The van der Waals surface area contributed by atoms with E-state index in [9.17, 15) is 18.0 Å². The Labute approximate surface area is 94.4 Å². The molecule has 0 saturated carbocycles. The molecular weight excluding hydrogens is 239 g/mol. The molecule has 0 aliphatic heterocycles. The molecule has 1 rings (SSSR count). The zero-order valence-corrected chi connectivity index (χ0v) is 8.49. The van der Waals surface area contributed by atoms with Gasteiger partial charge in [-0.05, 0) is 6.07 Å². The van der Waals surface area contributed by atoms with Crippen molar-refractivity contribution in [2.75, 3.05) is 6.61 Å². The number of hydrogen-bond acceptors (Lipinski definition) is 3. The summed E-state index contributed by atoms with van der Waals surface area (Å²) in [5.74, 6) is -1.38. The number of carboxylic acids is 1. The molecule has 7 heteroatoms. The van der Waals surface area contributed by atoms with Crippen LogP contribution >= 0.6 is 0 Å². The quantitative estimate of drug-likeness (QED) is 0.828. The van der Waals surface area contributed by atoms with E-state index in [2.05, 4.69) is 11.6 Å².